The Labute approximate surface area is 259 Å². The predicted octanol–water partition coefficient (Wildman–Crippen LogP) is -1.27. The average molecular weight is 619 g/mol. The number of nitrogens with one attached hydrogen (secondary N) is 6. The van der Waals surface area contributed by atoms with Gasteiger partial charge in [-0.1, -0.05) is 0 Å². The highest BCUT2D eigenvalue weighted by atomic mass is 16.5. The highest BCUT2D eigenvalue weighted by molar-refractivity contribution is 5.88. The number of rotatable bonds is 4. The molecule has 14 heteroatoms. The smallest absolute Gasteiger partial charge is 0.335 e. The Hall–Kier alpha value is -3.34. The van der Waals surface area contributed by atoms with Crippen molar-refractivity contribution in [2.24, 2.45) is 11.5 Å². The number of hydrogen-bond donors (Lipinski definition) is 10. The Balaban J connectivity index is 0.000000257. The zero-order chi connectivity index (χ0) is 32.3. The monoisotopic (exact) mass is 618 g/mol. The number of nitrogens with two attached hydrogens (primary N) is 2. The van der Waals surface area contributed by atoms with Crippen LogP contribution in [0.3, 0.4) is 0 Å². The van der Waals surface area contributed by atoms with E-state index in [2.05, 4.69) is 31.9 Å². The van der Waals surface area contributed by atoms with Gasteiger partial charge in [-0.05, 0) is 48.5 Å². The van der Waals surface area contributed by atoms with Crippen LogP contribution in [0.1, 0.15) is 20.7 Å². The first-order valence-corrected chi connectivity index (χ1v) is 14.7. The van der Waals surface area contributed by atoms with Crippen molar-refractivity contribution in [3.05, 3.63) is 59.7 Å². The van der Waals surface area contributed by atoms with Gasteiger partial charge in [0.2, 0.25) is 0 Å². The van der Waals surface area contributed by atoms with Crippen LogP contribution in [-0.2, 0) is 0 Å². The SMILES string of the molecule is COc1ccc(C(=O)O)cc1.COc1ccc(C(=O)O)cc1.NC12CNCCNCC(N)(CNCCNC1)CNCCNC2. The van der Waals surface area contributed by atoms with E-state index in [0.717, 1.165) is 78.5 Å². The van der Waals surface area contributed by atoms with Crippen molar-refractivity contribution in [2.45, 2.75) is 11.1 Å². The van der Waals surface area contributed by atoms with Gasteiger partial charge in [-0.25, -0.2) is 9.59 Å². The molecule has 3 heterocycles. The standard InChI is InChI=1S/C14H34N8.2C8H8O3/c15-13-7-17-1-2-18-8-14(16,11-21-5-3-19-9-13)12-22-6-4-20-10-13;2*1-11-7-4-2-6(3-5-7)8(9)10/h17-22H,1-12,15-16H2;2*2-5H,1H3,(H,9,10). The van der Waals surface area contributed by atoms with Gasteiger partial charge in [0.25, 0.3) is 0 Å². The second kappa shape index (κ2) is 19.8. The summed E-state index contributed by atoms with van der Waals surface area (Å²) in [5, 5.41) is 37.8. The van der Waals surface area contributed by atoms with Gasteiger partial charge >= 0.3 is 11.9 Å². The van der Waals surface area contributed by atoms with Crippen LogP contribution in [-0.4, -0.2) is 126 Å². The van der Waals surface area contributed by atoms with E-state index in [9.17, 15) is 9.59 Å². The predicted molar refractivity (Wildman–Crippen MR) is 171 cm³/mol. The molecule has 0 saturated carbocycles. The first-order chi connectivity index (χ1) is 21.1. The van der Waals surface area contributed by atoms with E-state index in [1.165, 1.54) is 38.5 Å². The molecule has 3 aliphatic heterocycles. The Kier molecular flexibility index (Phi) is 16.6. The number of methoxy groups -OCH3 is 2. The van der Waals surface area contributed by atoms with Gasteiger partial charge in [0.1, 0.15) is 11.5 Å². The van der Waals surface area contributed by atoms with E-state index < -0.39 is 11.9 Å². The molecule has 0 aromatic heterocycles. The molecule has 2 bridgehead atoms. The summed E-state index contributed by atoms with van der Waals surface area (Å²) < 4.78 is 9.71. The second-order valence-corrected chi connectivity index (χ2v) is 10.9. The van der Waals surface area contributed by atoms with E-state index in [4.69, 9.17) is 31.2 Å². The zero-order valence-electron chi connectivity index (χ0n) is 25.8. The molecule has 5 rings (SSSR count). The maximum Gasteiger partial charge on any atom is 0.335 e. The highest BCUT2D eigenvalue weighted by Crippen LogP contribution is 2.11. The van der Waals surface area contributed by atoms with Crippen molar-refractivity contribution in [3.63, 3.8) is 0 Å². The van der Waals surface area contributed by atoms with Crippen molar-refractivity contribution < 1.29 is 29.3 Å². The van der Waals surface area contributed by atoms with Crippen molar-refractivity contribution in [1.82, 2.24) is 31.9 Å². The number of aromatic carboxylic acids is 2. The molecule has 0 aliphatic carbocycles. The Morgan fingerprint density at radius 2 is 0.773 bits per heavy atom. The Morgan fingerprint density at radius 1 is 0.545 bits per heavy atom. The maximum atomic E-state index is 10.4. The number of benzene rings is 2. The second-order valence-electron chi connectivity index (χ2n) is 10.9. The topological polar surface area (TPSA) is 217 Å². The number of ether oxygens (including phenoxy) is 2. The average Bonchev–Trinajstić information content (AvgIpc) is 3.02. The van der Waals surface area contributed by atoms with Gasteiger partial charge in [-0.15, -0.1) is 0 Å². The molecule has 0 radical (unpaired) electrons. The summed E-state index contributed by atoms with van der Waals surface area (Å²) in [4.78, 5) is 20.7. The molecular formula is C30H50N8O6. The fourth-order valence-corrected chi connectivity index (χ4v) is 4.40. The molecule has 0 amide bonds. The molecule has 0 spiro atoms. The first-order valence-electron chi connectivity index (χ1n) is 14.7. The fraction of sp³-hybridized carbons (Fsp3) is 0.533. The van der Waals surface area contributed by atoms with E-state index in [1.807, 2.05) is 0 Å². The van der Waals surface area contributed by atoms with Crippen LogP contribution in [0, 0.1) is 0 Å². The molecular weight excluding hydrogens is 568 g/mol. The van der Waals surface area contributed by atoms with E-state index in [0.29, 0.717) is 11.5 Å². The lowest BCUT2D eigenvalue weighted by molar-refractivity contribution is 0.0686. The summed E-state index contributed by atoms with van der Waals surface area (Å²) in [6, 6.07) is 12.5. The van der Waals surface area contributed by atoms with Gasteiger partial charge in [-0.2, -0.15) is 0 Å². The normalized spacial score (nSPS) is 23.3. The van der Waals surface area contributed by atoms with Crippen LogP contribution in [0.2, 0.25) is 0 Å². The first kappa shape index (κ1) is 36.8. The minimum absolute atomic E-state index is 0.269. The van der Waals surface area contributed by atoms with Crippen LogP contribution in [0.4, 0.5) is 0 Å². The molecule has 0 unspecified atom stereocenters. The molecule has 44 heavy (non-hydrogen) atoms. The molecule has 246 valence electrons. The van der Waals surface area contributed by atoms with E-state index in [-0.39, 0.29) is 22.2 Å². The van der Waals surface area contributed by atoms with Crippen LogP contribution < -0.4 is 52.8 Å². The Morgan fingerprint density at radius 3 is 0.955 bits per heavy atom. The summed E-state index contributed by atoms with van der Waals surface area (Å²) in [6.07, 6.45) is 0. The third-order valence-corrected chi connectivity index (χ3v) is 6.97. The lowest BCUT2D eigenvalue weighted by Crippen LogP contribution is -2.65. The molecule has 2 aromatic rings. The number of fused-ring (bicyclic) bond motifs is 15. The number of carboxylic acid groups (broad SMARTS) is 2. The van der Waals surface area contributed by atoms with Gasteiger partial charge in [0, 0.05) is 78.5 Å². The lowest BCUT2D eigenvalue weighted by atomic mass is 9.99. The van der Waals surface area contributed by atoms with Crippen molar-refractivity contribution in [3.8, 4) is 11.5 Å². The van der Waals surface area contributed by atoms with Crippen LogP contribution in [0.5, 0.6) is 11.5 Å². The molecule has 3 aliphatic rings. The van der Waals surface area contributed by atoms with Crippen molar-refractivity contribution in [1.29, 1.82) is 0 Å². The minimum atomic E-state index is -0.923. The summed E-state index contributed by atoms with van der Waals surface area (Å²) in [5.41, 5.74) is 13.1. The molecule has 0 atom stereocenters. The zero-order valence-corrected chi connectivity index (χ0v) is 25.8. The molecule has 14 nitrogen and oxygen atoms in total. The van der Waals surface area contributed by atoms with Crippen LogP contribution in [0.15, 0.2) is 48.5 Å². The van der Waals surface area contributed by atoms with Crippen LogP contribution >= 0.6 is 0 Å². The summed E-state index contributed by atoms with van der Waals surface area (Å²) in [7, 11) is 3.07. The summed E-state index contributed by atoms with van der Waals surface area (Å²) in [6.45, 7) is 10.2. The number of carbonyl (C=O) groups is 2. The number of hydrogen-bond acceptors (Lipinski definition) is 12. The van der Waals surface area contributed by atoms with Gasteiger partial charge in [0.05, 0.1) is 36.4 Å². The molecule has 12 N–H and O–H groups in total. The number of carboxylic acids is 2. The third-order valence-electron chi connectivity index (χ3n) is 6.97. The van der Waals surface area contributed by atoms with Crippen LogP contribution in [0.25, 0.3) is 0 Å². The molecule has 3 fully saturated rings. The van der Waals surface area contributed by atoms with E-state index >= 15 is 0 Å². The molecule has 2 aromatic carbocycles. The van der Waals surface area contributed by atoms with Crippen molar-refractivity contribution in [2.75, 3.05) is 92.8 Å². The largest absolute Gasteiger partial charge is 0.497 e. The van der Waals surface area contributed by atoms with Gasteiger partial charge in [-0.3, -0.25) is 0 Å². The highest BCUT2D eigenvalue weighted by Gasteiger charge is 2.26. The Bertz CT molecular complexity index is 973. The van der Waals surface area contributed by atoms with Gasteiger partial charge < -0.3 is 63.1 Å². The summed E-state index contributed by atoms with van der Waals surface area (Å²) in [5.74, 6) is -0.523. The quantitative estimate of drug-likeness (QED) is 0.193. The molecule has 3 saturated heterocycles. The van der Waals surface area contributed by atoms with E-state index in [1.54, 1.807) is 24.3 Å². The van der Waals surface area contributed by atoms with Gasteiger partial charge in [0.15, 0.2) is 0 Å². The maximum absolute atomic E-state index is 10.4. The summed E-state index contributed by atoms with van der Waals surface area (Å²) >= 11 is 0. The third kappa shape index (κ3) is 14.4. The lowest BCUT2D eigenvalue weighted by Gasteiger charge is -2.34. The fourth-order valence-electron chi connectivity index (χ4n) is 4.40. The minimum Gasteiger partial charge on any atom is -0.497 e. The van der Waals surface area contributed by atoms with Crippen molar-refractivity contribution >= 4 is 11.9 Å².